The van der Waals surface area contributed by atoms with E-state index in [1.807, 2.05) is 25.1 Å². The van der Waals surface area contributed by atoms with Gasteiger partial charge in [-0.1, -0.05) is 23.7 Å². The maximum atomic E-state index is 13.3. The Morgan fingerprint density at radius 3 is 2.40 bits per heavy atom. The average molecular weight is 439 g/mol. The molecule has 0 radical (unpaired) electrons. The predicted octanol–water partition coefficient (Wildman–Crippen LogP) is 2.23. The van der Waals surface area contributed by atoms with Crippen molar-refractivity contribution < 1.29 is 28.6 Å². The second kappa shape index (κ2) is 12.0. The van der Waals surface area contributed by atoms with Crippen molar-refractivity contribution in [1.29, 1.82) is 0 Å². The number of carbonyl (C=O) groups excluding carboxylic acids is 2. The standard InChI is InChI=1S/C21H24ClFN2O5/c1-14-3-2-4-16(9-14)29-12-20(27)24-8-7-15(26)11-25-21(28)13-30-17-5-6-18(22)19(23)10-17/h2-6,9-10,15,26H,7-8,11-13H2,1H3,(H,24,27)(H,25,28)/t15-/m0/s1. The van der Waals surface area contributed by atoms with Gasteiger partial charge in [-0.25, -0.2) is 4.39 Å². The van der Waals surface area contributed by atoms with Crippen LogP contribution in [0, 0.1) is 12.7 Å². The van der Waals surface area contributed by atoms with Gasteiger partial charge in [0, 0.05) is 19.2 Å². The summed E-state index contributed by atoms with van der Waals surface area (Å²) in [6.45, 7) is 1.69. The van der Waals surface area contributed by atoms with Gasteiger partial charge in [0.25, 0.3) is 11.8 Å². The number of nitrogens with one attached hydrogen (secondary N) is 2. The number of rotatable bonds is 11. The second-order valence-corrected chi connectivity index (χ2v) is 6.97. The molecular formula is C21H24ClFN2O5. The fourth-order valence-corrected chi connectivity index (χ4v) is 2.50. The number of amides is 2. The van der Waals surface area contributed by atoms with Crippen LogP contribution >= 0.6 is 11.6 Å². The van der Waals surface area contributed by atoms with Gasteiger partial charge in [-0.15, -0.1) is 0 Å². The lowest BCUT2D eigenvalue weighted by Crippen LogP contribution is -2.37. The number of aryl methyl sites for hydroxylation is 1. The van der Waals surface area contributed by atoms with Crippen LogP contribution in [-0.4, -0.2) is 49.3 Å². The Kier molecular flexibility index (Phi) is 9.37. The molecule has 9 heteroatoms. The molecule has 0 saturated carbocycles. The molecule has 2 amide bonds. The van der Waals surface area contributed by atoms with Crippen molar-refractivity contribution in [2.45, 2.75) is 19.4 Å². The molecule has 2 rings (SSSR count). The molecule has 1 atom stereocenters. The zero-order valence-corrected chi connectivity index (χ0v) is 17.2. The molecule has 0 unspecified atom stereocenters. The number of aliphatic hydroxyl groups is 1. The van der Waals surface area contributed by atoms with Crippen LogP contribution in [0.3, 0.4) is 0 Å². The zero-order valence-electron chi connectivity index (χ0n) is 16.5. The van der Waals surface area contributed by atoms with Gasteiger partial charge in [0.2, 0.25) is 0 Å². The molecule has 0 heterocycles. The molecular weight excluding hydrogens is 415 g/mol. The molecule has 0 bridgehead atoms. The topological polar surface area (TPSA) is 96.9 Å². The van der Waals surface area contributed by atoms with E-state index in [-0.39, 0.29) is 49.4 Å². The summed E-state index contributed by atoms with van der Waals surface area (Å²) in [5.41, 5.74) is 1.03. The Morgan fingerprint density at radius 1 is 1.07 bits per heavy atom. The van der Waals surface area contributed by atoms with Gasteiger partial charge < -0.3 is 25.2 Å². The van der Waals surface area contributed by atoms with Crippen LogP contribution in [0.15, 0.2) is 42.5 Å². The highest BCUT2D eigenvalue weighted by Gasteiger charge is 2.10. The van der Waals surface area contributed by atoms with Crippen molar-refractivity contribution in [2.75, 3.05) is 26.3 Å². The van der Waals surface area contributed by atoms with Gasteiger partial charge in [0.15, 0.2) is 13.2 Å². The molecule has 0 fully saturated rings. The molecule has 2 aromatic rings. The second-order valence-electron chi connectivity index (χ2n) is 6.57. The van der Waals surface area contributed by atoms with Crippen molar-refractivity contribution in [3.05, 3.63) is 58.9 Å². The summed E-state index contributed by atoms with van der Waals surface area (Å²) in [4.78, 5) is 23.5. The molecule has 3 N–H and O–H groups in total. The molecule has 0 aliphatic rings. The lowest BCUT2D eigenvalue weighted by molar-refractivity contribution is -0.124. The normalized spacial score (nSPS) is 11.5. The lowest BCUT2D eigenvalue weighted by atomic mass is 10.2. The first-order chi connectivity index (χ1) is 14.3. The summed E-state index contributed by atoms with van der Waals surface area (Å²) in [6, 6.07) is 11.2. The van der Waals surface area contributed by atoms with Crippen LogP contribution in [0.5, 0.6) is 11.5 Å². The number of halogens is 2. The Balaban J connectivity index is 1.56. The fraction of sp³-hybridized carbons (Fsp3) is 0.333. The van der Waals surface area contributed by atoms with Crippen molar-refractivity contribution in [3.8, 4) is 11.5 Å². The minimum atomic E-state index is -0.847. The molecule has 0 saturated heterocycles. The smallest absolute Gasteiger partial charge is 0.258 e. The van der Waals surface area contributed by atoms with Crippen molar-refractivity contribution >= 4 is 23.4 Å². The summed E-state index contributed by atoms with van der Waals surface area (Å²) in [5, 5.41) is 15.0. The third kappa shape index (κ3) is 8.67. The third-order valence-corrected chi connectivity index (χ3v) is 4.26. The highest BCUT2D eigenvalue weighted by molar-refractivity contribution is 6.30. The minimum absolute atomic E-state index is 0.00711. The lowest BCUT2D eigenvalue weighted by Gasteiger charge is -2.13. The summed E-state index contributed by atoms with van der Waals surface area (Å²) in [6.07, 6.45) is -0.598. The maximum absolute atomic E-state index is 13.3. The maximum Gasteiger partial charge on any atom is 0.258 e. The monoisotopic (exact) mass is 438 g/mol. The van der Waals surface area contributed by atoms with E-state index in [1.54, 1.807) is 6.07 Å². The van der Waals surface area contributed by atoms with Gasteiger partial charge in [-0.3, -0.25) is 9.59 Å². The molecule has 0 spiro atoms. The van der Waals surface area contributed by atoms with Gasteiger partial charge in [-0.05, 0) is 43.2 Å². The predicted molar refractivity (Wildman–Crippen MR) is 110 cm³/mol. The van der Waals surface area contributed by atoms with E-state index in [1.165, 1.54) is 12.1 Å². The van der Waals surface area contributed by atoms with Crippen molar-refractivity contribution in [1.82, 2.24) is 10.6 Å². The average Bonchev–Trinajstić information content (AvgIpc) is 2.71. The van der Waals surface area contributed by atoms with E-state index in [0.717, 1.165) is 11.6 Å². The van der Waals surface area contributed by atoms with Gasteiger partial charge >= 0.3 is 0 Å². The molecule has 30 heavy (non-hydrogen) atoms. The molecule has 162 valence electrons. The molecule has 0 aromatic heterocycles. The summed E-state index contributed by atoms with van der Waals surface area (Å²) in [5.74, 6) is -0.646. The number of aliphatic hydroxyl groups excluding tert-OH is 1. The zero-order chi connectivity index (χ0) is 21.9. The minimum Gasteiger partial charge on any atom is -0.484 e. The molecule has 0 aliphatic heterocycles. The fourth-order valence-electron chi connectivity index (χ4n) is 2.38. The largest absolute Gasteiger partial charge is 0.484 e. The van der Waals surface area contributed by atoms with Crippen LogP contribution in [-0.2, 0) is 9.59 Å². The van der Waals surface area contributed by atoms with E-state index in [2.05, 4.69) is 10.6 Å². The van der Waals surface area contributed by atoms with Crippen molar-refractivity contribution in [2.24, 2.45) is 0 Å². The highest BCUT2D eigenvalue weighted by atomic mass is 35.5. The summed E-state index contributed by atoms with van der Waals surface area (Å²) < 4.78 is 23.8. The first-order valence-corrected chi connectivity index (χ1v) is 9.70. The van der Waals surface area contributed by atoms with E-state index in [4.69, 9.17) is 21.1 Å². The number of hydrogen-bond donors (Lipinski definition) is 3. The number of benzene rings is 2. The third-order valence-electron chi connectivity index (χ3n) is 3.96. The Morgan fingerprint density at radius 2 is 1.73 bits per heavy atom. The van der Waals surface area contributed by atoms with Gasteiger partial charge in [0.1, 0.15) is 17.3 Å². The highest BCUT2D eigenvalue weighted by Crippen LogP contribution is 2.20. The molecule has 0 aliphatic carbocycles. The van der Waals surface area contributed by atoms with E-state index < -0.39 is 17.8 Å². The van der Waals surface area contributed by atoms with Gasteiger partial charge in [0.05, 0.1) is 11.1 Å². The first-order valence-electron chi connectivity index (χ1n) is 9.32. The van der Waals surface area contributed by atoms with E-state index in [9.17, 15) is 19.1 Å². The molecule has 2 aromatic carbocycles. The number of hydrogen-bond acceptors (Lipinski definition) is 5. The Labute approximate surface area is 179 Å². The van der Waals surface area contributed by atoms with Crippen molar-refractivity contribution in [3.63, 3.8) is 0 Å². The van der Waals surface area contributed by atoms with Crippen LogP contribution in [0.1, 0.15) is 12.0 Å². The van der Waals surface area contributed by atoms with E-state index in [0.29, 0.717) is 5.75 Å². The van der Waals surface area contributed by atoms with E-state index >= 15 is 0 Å². The SMILES string of the molecule is Cc1cccc(OCC(=O)NCC[C@H](O)CNC(=O)COc2ccc(Cl)c(F)c2)c1. The van der Waals surface area contributed by atoms with Crippen LogP contribution in [0.25, 0.3) is 0 Å². The first kappa shape index (κ1) is 23.4. The van der Waals surface area contributed by atoms with Crippen LogP contribution in [0.4, 0.5) is 4.39 Å². The summed E-state index contributed by atoms with van der Waals surface area (Å²) in [7, 11) is 0. The molecule has 7 nitrogen and oxygen atoms in total. The number of ether oxygens (including phenoxy) is 2. The van der Waals surface area contributed by atoms with Gasteiger partial charge in [-0.2, -0.15) is 0 Å². The quantitative estimate of drug-likeness (QED) is 0.500. The Hall–Kier alpha value is -2.84. The summed E-state index contributed by atoms with van der Waals surface area (Å²) >= 11 is 5.57. The number of carbonyl (C=O) groups is 2. The van der Waals surface area contributed by atoms with Crippen LogP contribution in [0.2, 0.25) is 5.02 Å². The van der Waals surface area contributed by atoms with Crippen LogP contribution < -0.4 is 20.1 Å². The Bertz CT molecular complexity index is 865.